The van der Waals surface area contributed by atoms with E-state index in [1.165, 1.54) is 18.3 Å². The van der Waals surface area contributed by atoms with E-state index in [0.717, 1.165) is 0 Å². The molecular formula is C8H6N2O3. The third kappa shape index (κ3) is 1.20. The number of hydrogen-bond acceptors (Lipinski definition) is 2. The van der Waals surface area contributed by atoms with Gasteiger partial charge >= 0.3 is 5.97 Å². The average Bonchev–Trinajstić information content (AvgIpc) is 2.46. The first-order chi connectivity index (χ1) is 6.16. The standard InChI is InChI=1S/C8H6N2O3/c11-7-2-4-1-5(8(12)13)10-6(4)3-9-7/h1-3,10H,(H,9,11)(H,12,13). The van der Waals surface area contributed by atoms with E-state index in [2.05, 4.69) is 9.97 Å². The molecule has 5 heteroatoms. The lowest BCUT2D eigenvalue weighted by atomic mass is 10.3. The molecule has 0 aliphatic carbocycles. The van der Waals surface area contributed by atoms with Crippen LogP contribution >= 0.6 is 0 Å². The van der Waals surface area contributed by atoms with E-state index >= 15 is 0 Å². The molecule has 0 saturated heterocycles. The van der Waals surface area contributed by atoms with Gasteiger partial charge in [-0.25, -0.2) is 4.79 Å². The molecule has 0 spiro atoms. The number of carboxylic acids is 1. The molecule has 0 aliphatic rings. The van der Waals surface area contributed by atoms with E-state index in [-0.39, 0.29) is 11.3 Å². The van der Waals surface area contributed by atoms with Crippen LogP contribution in [-0.2, 0) is 0 Å². The van der Waals surface area contributed by atoms with E-state index in [4.69, 9.17) is 5.11 Å². The zero-order valence-electron chi connectivity index (χ0n) is 6.50. The van der Waals surface area contributed by atoms with Crippen molar-refractivity contribution < 1.29 is 9.90 Å². The summed E-state index contributed by atoms with van der Waals surface area (Å²) in [4.78, 5) is 26.5. The Morgan fingerprint density at radius 3 is 2.85 bits per heavy atom. The van der Waals surface area contributed by atoms with Crippen molar-refractivity contribution in [2.75, 3.05) is 0 Å². The van der Waals surface area contributed by atoms with Crippen LogP contribution < -0.4 is 5.56 Å². The number of aromatic nitrogens is 2. The normalized spacial score (nSPS) is 10.5. The largest absolute Gasteiger partial charge is 0.477 e. The van der Waals surface area contributed by atoms with Crippen molar-refractivity contribution in [3.05, 3.63) is 34.4 Å². The summed E-state index contributed by atoms with van der Waals surface area (Å²) in [6.07, 6.45) is 1.45. The third-order valence-electron chi connectivity index (χ3n) is 1.76. The van der Waals surface area contributed by atoms with Crippen molar-refractivity contribution in [2.45, 2.75) is 0 Å². The molecule has 2 aromatic heterocycles. The first-order valence-corrected chi connectivity index (χ1v) is 3.61. The van der Waals surface area contributed by atoms with Gasteiger partial charge in [-0.05, 0) is 6.07 Å². The number of pyridine rings is 1. The Labute approximate surface area is 72.0 Å². The predicted octanol–water partition coefficient (Wildman–Crippen LogP) is 0.554. The van der Waals surface area contributed by atoms with E-state index in [1.807, 2.05) is 0 Å². The van der Waals surface area contributed by atoms with Crippen molar-refractivity contribution >= 4 is 16.9 Å². The van der Waals surface area contributed by atoms with Gasteiger partial charge in [-0.15, -0.1) is 0 Å². The topological polar surface area (TPSA) is 85.9 Å². The molecule has 2 rings (SSSR count). The maximum Gasteiger partial charge on any atom is 0.352 e. The number of hydrogen-bond donors (Lipinski definition) is 3. The second-order valence-corrected chi connectivity index (χ2v) is 2.65. The summed E-state index contributed by atoms with van der Waals surface area (Å²) < 4.78 is 0. The van der Waals surface area contributed by atoms with Crippen LogP contribution in [0.2, 0.25) is 0 Å². The van der Waals surface area contributed by atoms with Gasteiger partial charge in [-0.3, -0.25) is 4.79 Å². The van der Waals surface area contributed by atoms with Gasteiger partial charge < -0.3 is 15.1 Å². The summed E-state index contributed by atoms with van der Waals surface area (Å²) in [7, 11) is 0. The summed E-state index contributed by atoms with van der Waals surface area (Å²) in [5.41, 5.74) is 0.439. The highest BCUT2D eigenvalue weighted by molar-refractivity contribution is 5.93. The SMILES string of the molecule is O=C(O)c1cc2cc(=O)[nH]cc2[nH]1. The molecule has 13 heavy (non-hydrogen) atoms. The van der Waals surface area contributed by atoms with Crippen LogP contribution in [0, 0.1) is 0 Å². The molecule has 3 N–H and O–H groups in total. The zero-order valence-corrected chi connectivity index (χ0v) is 6.50. The van der Waals surface area contributed by atoms with Crippen molar-refractivity contribution in [1.29, 1.82) is 0 Å². The highest BCUT2D eigenvalue weighted by Crippen LogP contribution is 2.11. The molecule has 2 aromatic rings. The number of nitrogens with one attached hydrogen (secondary N) is 2. The molecule has 0 saturated carbocycles. The lowest BCUT2D eigenvalue weighted by Gasteiger charge is -1.85. The molecule has 0 fully saturated rings. The van der Waals surface area contributed by atoms with Gasteiger partial charge in [0.2, 0.25) is 5.56 Å². The second kappa shape index (κ2) is 2.48. The Balaban J connectivity index is 2.75. The van der Waals surface area contributed by atoms with Crippen LogP contribution in [0.1, 0.15) is 10.5 Å². The maximum atomic E-state index is 10.8. The van der Waals surface area contributed by atoms with Gasteiger partial charge in [0.25, 0.3) is 0 Å². The summed E-state index contributed by atoms with van der Waals surface area (Å²) in [5.74, 6) is -1.04. The monoisotopic (exact) mass is 178 g/mol. The van der Waals surface area contributed by atoms with Crippen molar-refractivity contribution in [1.82, 2.24) is 9.97 Å². The predicted molar refractivity (Wildman–Crippen MR) is 45.9 cm³/mol. The Hall–Kier alpha value is -2.04. The first-order valence-electron chi connectivity index (χ1n) is 3.61. The van der Waals surface area contributed by atoms with E-state index in [9.17, 15) is 9.59 Å². The van der Waals surface area contributed by atoms with Gasteiger partial charge in [0.05, 0.1) is 5.52 Å². The molecule has 2 heterocycles. The van der Waals surface area contributed by atoms with E-state index in [0.29, 0.717) is 10.9 Å². The molecule has 0 atom stereocenters. The number of rotatable bonds is 1. The van der Waals surface area contributed by atoms with E-state index in [1.54, 1.807) is 0 Å². The molecule has 5 nitrogen and oxygen atoms in total. The third-order valence-corrected chi connectivity index (χ3v) is 1.76. The number of H-pyrrole nitrogens is 2. The Kier molecular flexibility index (Phi) is 1.45. The minimum absolute atomic E-state index is 0.0778. The molecule has 0 unspecified atom stereocenters. The number of aromatic carboxylic acids is 1. The quantitative estimate of drug-likeness (QED) is 0.596. The first kappa shape index (κ1) is 7.60. The molecule has 66 valence electrons. The molecular weight excluding hydrogens is 172 g/mol. The van der Waals surface area contributed by atoms with Gasteiger partial charge in [0.1, 0.15) is 5.69 Å². The van der Waals surface area contributed by atoms with Gasteiger partial charge in [0, 0.05) is 17.6 Å². The minimum Gasteiger partial charge on any atom is -0.477 e. The number of fused-ring (bicyclic) bond motifs is 1. The van der Waals surface area contributed by atoms with Crippen LogP contribution in [0.5, 0.6) is 0 Å². The van der Waals surface area contributed by atoms with Gasteiger partial charge in [-0.2, -0.15) is 0 Å². The van der Waals surface area contributed by atoms with Crippen LogP contribution in [0.4, 0.5) is 0 Å². The van der Waals surface area contributed by atoms with Crippen molar-refractivity contribution in [3.63, 3.8) is 0 Å². The van der Waals surface area contributed by atoms with Crippen molar-refractivity contribution in [3.8, 4) is 0 Å². The Morgan fingerprint density at radius 2 is 2.15 bits per heavy atom. The number of carbonyl (C=O) groups is 1. The van der Waals surface area contributed by atoms with Crippen molar-refractivity contribution in [2.24, 2.45) is 0 Å². The highest BCUT2D eigenvalue weighted by atomic mass is 16.4. The number of carboxylic acid groups (broad SMARTS) is 1. The number of aromatic amines is 2. The minimum atomic E-state index is -1.04. The summed E-state index contributed by atoms with van der Waals surface area (Å²) in [6, 6.07) is 2.77. The molecule has 0 radical (unpaired) electrons. The second-order valence-electron chi connectivity index (χ2n) is 2.65. The van der Waals surface area contributed by atoms with Crippen LogP contribution in [-0.4, -0.2) is 21.0 Å². The maximum absolute atomic E-state index is 10.8. The molecule has 0 bridgehead atoms. The van der Waals surface area contributed by atoms with Gasteiger partial charge in [-0.1, -0.05) is 0 Å². The van der Waals surface area contributed by atoms with Crippen LogP contribution in [0.3, 0.4) is 0 Å². The molecule has 0 aliphatic heterocycles. The lowest BCUT2D eigenvalue weighted by Crippen LogP contribution is -2.00. The molecule has 0 amide bonds. The zero-order chi connectivity index (χ0) is 9.42. The molecule has 0 aromatic carbocycles. The fourth-order valence-electron chi connectivity index (χ4n) is 1.17. The van der Waals surface area contributed by atoms with E-state index < -0.39 is 5.97 Å². The van der Waals surface area contributed by atoms with Gasteiger partial charge in [0.15, 0.2) is 0 Å². The smallest absolute Gasteiger partial charge is 0.352 e. The average molecular weight is 178 g/mol. The van der Waals surface area contributed by atoms with Crippen LogP contribution in [0.15, 0.2) is 23.1 Å². The fraction of sp³-hybridized carbons (Fsp3) is 0. The Bertz CT molecular complexity index is 523. The summed E-state index contributed by atoms with van der Waals surface area (Å²) >= 11 is 0. The summed E-state index contributed by atoms with van der Waals surface area (Å²) in [6.45, 7) is 0. The lowest BCUT2D eigenvalue weighted by molar-refractivity contribution is 0.0691. The highest BCUT2D eigenvalue weighted by Gasteiger charge is 2.06. The Morgan fingerprint density at radius 1 is 1.38 bits per heavy atom. The fourth-order valence-corrected chi connectivity index (χ4v) is 1.17. The summed E-state index contributed by atoms with van der Waals surface area (Å²) in [5, 5.41) is 9.23. The van der Waals surface area contributed by atoms with Crippen LogP contribution in [0.25, 0.3) is 10.9 Å².